The molecule has 1 N–H and O–H groups in total. The average molecular weight is 620 g/mol. The average Bonchev–Trinajstić information content (AvgIpc) is 3.27. The monoisotopic (exact) mass is 618 g/mol. The molecule has 1 aromatic heterocycles. The van der Waals surface area contributed by atoms with Gasteiger partial charge in [-0.2, -0.15) is 0 Å². The second kappa shape index (κ2) is 12.3. The zero-order chi connectivity index (χ0) is 25.8. The van der Waals surface area contributed by atoms with Gasteiger partial charge in [-0.05, 0) is 95.9 Å². The number of hydrogen-bond acceptors (Lipinski definition) is 4. The van der Waals surface area contributed by atoms with Gasteiger partial charge in [0.2, 0.25) is 0 Å². The Balaban J connectivity index is 1.32. The zero-order valence-electron chi connectivity index (χ0n) is 20.5. The van der Waals surface area contributed by atoms with Crippen LogP contribution in [0.1, 0.15) is 76.9 Å². The molecule has 1 fully saturated rings. The summed E-state index contributed by atoms with van der Waals surface area (Å²) >= 11 is 17.5. The molecule has 1 amide bonds. The minimum Gasteiger partial charge on any atom is -0.488 e. The lowest BCUT2D eigenvalue weighted by Gasteiger charge is -2.23. The number of rotatable bonds is 7. The number of carbonyl (C=O) groups is 1. The predicted molar refractivity (Wildman–Crippen MR) is 157 cm³/mol. The molecule has 0 unspecified atom stereocenters. The van der Waals surface area contributed by atoms with Crippen LogP contribution < -0.4 is 10.1 Å². The Morgan fingerprint density at radius 1 is 1.08 bits per heavy atom. The Morgan fingerprint density at radius 3 is 2.68 bits per heavy atom. The van der Waals surface area contributed by atoms with Crippen LogP contribution in [0.25, 0.3) is 0 Å². The Hall–Kier alpha value is -1.86. The smallest absolute Gasteiger partial charge is 0.254 e. The SMILES string of the molecule is O=C(NC1CCCCC1)c1c(/N=C/c2ccc(OCc3ccc(Cl)cc3Cl)c(Br)c2)sc2c1CCCC2. The van der Waals surface area contributed by atoms with Crippen molar-refractivity contribution in [2.75, 3.05) is 0 Å². The molecule has 4 nitrogen and oxygen atoms in total. The fourth-order valence-corrected chi connectivity index (χ4v) is 7.23. The van der Waals surface area contributed by atoms with Gasteiger partial charge in [-0.1, -0.05) is 48.5 Å². The van der Waals surface area contributed by atoms with Crippen molar-refractivity contribution < 1.29 is 9.53 Å². The van der Waals surface area contributed by atoms with Crippen LogP contribution in [0.3, 0.4) is 0 Å². The van der Waals surface area contributed by atoms with Crippen LogP contribution in [0, 0.1) is 0 Å². The Kier molecular flexibility index (Phi) is 8.91. The van der Waals surface area contributed by atoms with Crippen LogP contribution >= 0.6 is 50.5 Å². The van der Waals surface area contributed by atoms with E-state index in [0.717, 1.165) is 58.3 Å². The first-order chi connectivity index (χ1) is 18.0. The lowest BCUT2D eigenvalue weighted by molar-refractivity contribution is 0.0927. The zero-order valence-corrected chi connectivity index (χ0v) is 24.4. The molecule has 37 heavy (non-hydrogen) atoms. The number of aryl methyl sites for hydroxylation is 1. The number of nitrogens with one attached hydrogen (secondary N) is 1. The Morgan fingerprint density at radius 2 is 1.89 bits per heavy atom. The highest BCUT2D eigenvalue weighted by Gasteiger charge is 2.27. The molecule has 3 aromatic rings. The van der Waals surface area contributed by atoms with Crippen molar-refractivity contribution in [3.05, 3.63) is 78.0 Å². The third-order valence-electron chi connectivity index (χ3n) is 7.01. The van der Waals surface area contributed by atoms with E-state index in [1.807, 2.05) is 30.5 Å². The van der Waals surface area contributed by atoms with Gasteiger partial charge in [-0.15, -0.1) is 11.3 Å². The van der Waals surface area contributed by atoms with Crippen LogP contribution in [-0.2, 0) is 19.4 Å². The third-order valence-corrected chi connectivity index (χ3v) is 9.41. The van der Waals surface area contributed by atoms with E-state index in [0.29, 0.717) is 22.4 Å². The van der Waals surface area contributed by atoms with E-state index in [1.165, 1.54) is 36.1 Å². The number of halogens is 3. The van der Waals surface area contributed by atoms with Gasteiger partial charge in [-0.25, -0.2) is 4.99 Å². The summed E-state index contributed by atoms with van der Waals surface area (Å²) < 4.78 is 6.79. The van der Waals surface area contributed by atoms with Crippen molar-refractivity contribution in [1.82, 2.24) is 5.32 Å². The summed E-state index contributed by atoms with van der Waals surface area (Å²) in [6.07, 6.45) is 11.9. The quantitative estimate of drug-likeness (QED) is 0.268. The minimum atomic E-state index is 0.0456. The van der Waals surface area contributed by atoms with Gasteiger partial charge in [0.25, 0.3) is 5.91 Å². The van der Waals surface area contributed by atoms with Crippen molar-refractivity contribution in [1.29, 1.82) is 0 Å². The van der Waals surface area contributed by atoms with Gasteiger partial charge < -0.3 is 10.1 Å². The van der Waals surface area contributed by atoms with Gasteiger partial charge in [0, 0.05) is 32.7 Å². The molecule has 0 atom stereocenters. The highest BCUT2D eigenvalue weighted by Crippen LogP contribution is 2.40. The molecule has 1 heterocycles. The highest BCUT2D eigenvalue weighted by molar-refractivity contribution is 9.10. The van der Waals surface area contributed by atoms with Crippen molar-refractivity contribution in [3.63, 3.8) is 0 Å². The lowest BCUT2D eigenvalue weighted by Crippen LogP contribution is -2.36. The van der Waals surface area contributed by atoms with Gasteiger partial charge in [0.15, 0.2) is 0 Å². The number of nitrogens with zero attached hydrogens (tertiary/aromatic N) is 1. The van der Waals surface area contributed by atoms with Gasteiger partial charge in [0.1, 0.15) is 17.4 Å². The first kappa shape index (κ1) is 26.7. The summed E-state index contributed by atoms with van der Waals surface area (Å²) in [5.74, 6) is 0.756. The third kappa shape index (κ3) is 6.59. The molecule has 0 saturated heterocycles. The van der Waals surface area contributed by atoms with Crippen LogP contribution in [-0.4, -0.2) is 18.2 Å². The number of thiophene rings is 1. The number of aliphatic imine (C=N–C) groups is 1. The van der Waals surface area contributed by atoms with E-state index in [9.17, 15) is 4.79 Å². The molecule has 0 bridgehead atoms. The molecular weight excluding hydrogens is 591 g/mol. The van der Waals surface area contributed by atoms with Gasteiger partial charge >= 0.3 is 0 Å². The van der Waals surface area contributed by atoms with Crippen molar-refractivity contribution in [2.24, 2.45) is 4.99 Å². The standard InChI is InChI=1S/C29H29BrCl2N2O2S/c30-23-14-18(10-13-25(23)36-17-19-11-12-20(31)15-24(19)32)16-33-29-27(22-8-4-5-9-26(22)37-29)28(35)34-21-6-2-1-3-7-21/h10-16,21H,1-9,17H2,(H,34,35)/b33-16+. The fourth-order valence-electron chi connectivity index (χ4n) is 5.02. The van der Waals surface area contributed by atoms with Crippen LogP contribution in [0.4, 0.5) is 5.00 Å². The number of carbonyl (C=O) groups excluding carboxylic acids is 1. The molecule has 8 heteroatoms. The number of fused-ring (bicyclic) bond motifs is 1. The van der Waals surface area contributed by atoms with Gasteiger partial charge in [0.05, 0.1) is 10.0 Å². The number of ether oxygens (including phenoxy) is 1. The van der Waals surface area contributed by atoms with E-state index >= 15 is 0 Å². The van der Waals surface area contributed by atoms with E-state index in [-0.39, 0.29) is 11.9 Å². The highest BCUT2D eigenvalue weighted by atomic mass is 79.9. The molecule has 5 rings (SSSR count). The maximum atomic E-state index is 13.4. The summed E-state index contributed by atoms with van der Waals surface area (Å²) in [5, 5.41) is 5.30. The van der Waals surface area contributed by atoms with Crippen molar-refractivity contribution in [2.45, 2.75) is 70.4 Å². The maximum Gasteiger partial charge on any atom is 0.254 e. The Bertz CT molecular complexity index is 1320. The predicted octanol–water partition coefficient (Wildman–Crippen LogP) is 9.09. The normalized spacial score (nSPS) is 16.1. The molecule has 194 valence electrons. The Labute approximate surface area is 240 Å². The largest absolute Gasteiger partial charge is 0.488 e. The number of hydrogen-bond donors (Lipinski definition) is 1. The maximum absolute atomic E-state index is 13.4. The minimum absolute atomic E-state index is 0.0456. The van der Waals surface area contributed by atoms with E-state index in [1.54, 1.807) is 23.5 Å². The molecule has 1 saturated carbocycles. The summed E-state index contributed by atoms with van der Waals surface area (Å²) in [6.45, 7) is 0.336. The molecule has 0 radical (unpaired) electrons. The molecule has 0 spiro atoms. The first-order valence-electron chi connectivity index (χ1n) is 12.8. The lowest BCUT2D eigenvalue weighted by atomic mass is 9.93. The van der Waals surface area contributed by atoms with E-state index in [2.05, 4.69) is 21.2 Å². The molecule has 2 aliphatic carbocycles. The van der Waals surface area contributed by atoms with Gasteiger partial charge in [-0.3, -0.25) is 4.79 Å². The van der Waals surface area contributed by atoms with Crippen LogP contribution in [0.15, 0.2) is 45.9 Å². The second-order valence-electron chi connectivity index (χ2n) is 9.67. The second-order valence-corrected chi connectivity index (χ2v) is 12.5. The summed E-state index contributed by atoms with van der Waals surface area (Å²) in [6, 6.07) is 11.5. The van der Waals surface area contributed by atoms with E-state index < -0.39 is 0 Å². The van der Waals surface area contributed by atoms with Crippen molar-refractivity contribution in [3.8, 4) is 5.75 Å². The van der Waals surface area contributed by atoms with Crippen molar-refractivity contribution >= 4 is 67.6 Å². The van der Waals surface area contributed by atoms with Crippen LogP contribution in [0.2, 0.25) is 10.0 Å². The number of benzene rings is 2. The number of amides is 1. The molecule has 2 aromatic carbocycles. The molecule has 2 aliphatic rings. The molecular formula is C29H29BrCl2N2O2S. The summed E-state index contributed by atoms with van der Waals surface area (Å²) in [4.78, 5) is 19.5. The van der Waals surface area contributed by atoms with E-state index in [4.69, 9.17) is 32.9 Å². The topological polar surface area (TPSA) is 50.7 Å². The van der Waals surface area contributed by atoms with Crippen LogP contribution in [0.5, 0.6) is 5.75 Å². The summed E-state index contributed by atoms with van der Waals surface area (Å²) in [5.41, 5.74) is 3.79. The molecule has 0 aliphatic heterocycles. The fraction of sp³-hybridized carbons (Fsp3) is 0.379. The summed E-state index contributed by atoms with van der Waals surface area (Å²) in [7, 11) is 0. The first-order valence-corrected chi connectivity index (χ1v) is 15.2.